The number of para-hydroxylation sites is 1. The van der Waals surface area contributed by atoms with Gasteiger partial charge in [-0.25, -0.2) is 0 Å². The molecule has 0 aromatic heterocycles. The van der Waals surface area contributed by atoms with Crippen LogP contribution in [0.2, 0.25) is 0 Å². The molecule has 0 unspecified atom stereocenters. The van der Waals surface area contributed by atoms with Crippen LogP contribution in [-0.4, -0.2) is 11.6 Å². The smallest absolute Gasteiger partial charge is 0.0893 e. The number of thiol groups is 1. The minimum Gasteiger partial charge on any atom is -0.198 e. The van der Waals surface area contributed by atoms with Gasteiger partial charge in [-0.05, 0) is 23.6 Å². The molecule has 0 saturated heterocycles. The Morgan fingerprint density at radius 1 is 1.43 bits per heavy atom. The first-order chi connectivity index (χ1) is 6.83. The van der Waals surface area contributed by atoms with E-state index in [4.69, 9.17) is 0 Å². The summed E-state index contributed by atoms with van der Waals surface area (Å²) >= 11 is 5.82. The van der Waals surface area contributed by atoms with E-state index in [-0.39, 0.29) is 0 Å². The van der Waals surface area contributed by atoms with Crippen LogP contribution in [0.15, 0.2) is 45.3 Å². The van der Waals surface area contributed by atoms with E-state index in [2.05, 4.69) is 36.1 Å². The maximum absolute atomic E-state index is 4.20. The molecular formula is C11H11NS2. The number of rotatable bonds is 3. The van der Waals surface area contributed by atoms with Gasteiger partial charge in [0.05, 0.1) is 9.92 Å². The number of hydrogen-bond donors (Lipinski definition) is 1. The summed E-state index contributed by atoms with van der Waals surface area (Å²) in [7, 11) is 0. The third-order valence-electron chi connectivity index (χ3n) is 1.39. The lowest BCUT2D eigenvalue weighted by Gasteiger charge is -1.87. The summed E-state index contributed by atoms with van der Waals surface area (Å²) in [6.07, 6.45) is 0. The molecule has 72 valence electrons. The first-order valence-corrected chi connectivity index (χ1v) is 5.71. The Hall–Kier alpha value is -0.850. The minimum atomic E-state index is 0.812. The average Bonchev–Trinajstić information content (AvgIpc) is 2.20. The molecule has 0 radical (unpaired) electrons. The van der Waals surface area contributed by atoms with E-state index in [9.17, 15) is 0 Å². The van der Waals surface area contributed by atoms with Crippen LogP contribution in [0, 0.1) is 0 Å². The molecule has 0 aliphatic rings. The lowest BCUT2D eigenvalue weighted by Crippen LogP contribution is -1.63. The lowest BCUT2D eigenvalue weighted by molar-refractivity contribution is 1.53. The standard InChI is InChI=1S/C11H11NS2/c1-2-14-11(13)8-9-12-10-6-4-3-5-7-10/h3-7,13H,2H2,1H3. The summed E-state index contributed by atoms with van der Waals surface area (Å²) in [6, 6.07) is 9.66. The van der Waals surface area contributed by atoms with Gasteiger partial charge in [0.25, 0.3) is 0 Å². The van der Waals surface area contributed by atoms with Crippen molar-refractivity contribution in [3.63, 3.8) is 0 Å². The number of benzene rings is 1. The average molecular weight is 221 g/mol. The number of hydrogen-bond acceptors (Lipinski definition) is 3. The normalized spacial score (nSPS) is 8.71. The van der Waals surface area contributed by atoms with Crippen molar-refractivity contribution in [2.24, 2.45) is 4.99 Å². The molecule has 1 rings (SSSR count). The highest BCUT2D eigenvalue weighted by Gasteiger charge is 1.83. The fourth-order valence-electron chi connectivity index (χ4n) is 0.816. The largest absolute Gasteiger partial charge is 0.198 e. The van der Waals surface area contributed by atoms with Gasteiger partial charge in [0.2, 0.25) is 0 Å². The van der Waals surface area contributed by atoms with E-state index in [1.54, 1.807) is 11.8 Å². The van der Waals surface area contributed by atoms with Gasteiger partial charge in [0, 0.05) is 5.87 Å². The first-order valence-electron chi connectivity index (χ1n) is 4.28. The van der Waals surface area contributed by atoms with Crippen molar-refractivity contribution < 1.29 is 0 Å². The topological polar surface area (TPSA) is 12.4 Å². The van der Waals surface area contributed by atoms with Crippen LogP contribution in [0.4, 0.5) is 5.69 Å². The van der Waals surface area contributed by atoms with Crippen molar-refractivity contribution in [1.82, 2.24) is 0 Å². The van der Waals surface area contributed by atoms with Gasteiger partial charge in [-0.1, -0.05) is 25.1 Å². The van der Waals surface area contributed by atoms with E-state index in [0.717, 1.165) is 15.7 Å². The fraction of sp³-hybridized carbons (Fsp3) is 0.182. The Morgan fingerprint density at radius 2 is 2.14 bits per heavy atom. The predicted octanol–water partition coefficient (Wildman–Crippen LogP) is 3.67. The lowest BCUT2D eigenvalue weighted by atomic mass is 10.3. The quantitative estimate of drug-likeness (QED) is 0.466. The summed E-state index contributed by atoms with van der Waals surface area (Å²) in [6.45, 7) is 2.07. The molecule has 0 atom stereocenters. The van der Waals surface area contributed by atoms with Gasteiger partial charge in [-0.15, -0.1) is 24.4 Å². The Bertz CT molecular complexity index is 372. The monoisotopic (exact) mass is 221 g/mol. The molecule has 0 saturated carbocycles. The van der Waals surface area contributed by atoms with Crippen molar-refractivity contribution >= 4 is 35.9 Å². The van der Waals surface area contributed by atoms with Crippen LogP contribution in [0.5, 0.6) is 0 Å². The summed E-state index contributed by atoms with van der Waals surface area (Å²) in [5.41, 5.74) is 3.74. The third-order valence-corrected chi connectivity index (χ3v) is 2.55. The molecule has 0 aliphatic heterocycles. The second-order valence-corrected chi connectivity index (χ2v) is 4.45. The van der Waals surface area contributed by atoms with Crippen LogP contribution in [0.25, 0.3) is 0 Å². The van der Waals surface area contributed by atoms with Crippen LogP contribution in [-0.2, 0) is 0 Å². The molecule has 1 aromatic rings. The van der Waals surface area contributed by atoms with E-state index >= 15 is 0 Å². The van der Waals surface area contributed by atoms with Crippen LogP contribution < -0.4 is 0 Å². The maximum atomic E-state index is 4.20. The highest BCUT2D eigenvalue weighted by Crippen LogP contribution is 2.16. The first kappa shape index (κ1) is 11.2. The second-order valence-electron chi connectivity index (χ2n) is 2.42. The molecule has 0 spiro atoms. The molecule has 0 amide bonds. The molecule has 0 heterocycles. The van der Waals surface area contributed by atoms with Crippen molar-refractivity contribution in [1.29, 1.82) is 0 Å². The summed E-state index contributed by atoms with van der Waals surface area (Å²) in [5.74, 6) is 3.71. The van der Waals surface area contributed by atoms with E-state index in [1.165, 1.54) is 0 Å². The molecule has 0 fully saturated rings. The third kappa shape index (κ3) is 4.40. The summed E-state index contributed by atoms with van der Waals surface area (Å²) in [4.78, 5) is 4.08. The second kappa shape index (κ2) is 6.58. The zero-order valence-electron chi connectivity index (χ0n) is 7.90. The molecule has 1 nitrogen and oxygen atoms in total. The molecule has 0 N–H and O–H groups in total. The molecule has 0 bridgehead atoms. The Balaban J connectivity index is 2.77. The van der Waals surface area contributed by atoms with Crippen LogP contribution in [0.3, 0.4) is 0 Å². The number of aliphatic imine (C=N–C) groups is 1. The van der Waals surface area contributed by atoms with Crippen molar-refractivity contribution in [2.45, 2.75) is 6.92 Å². The highest BCUT2D eigenvalue weighted by molar-refractivity contribution is 8.15. The van der Waals surface area contributed by atoms with Gasteiger partial charge in [-0.2, -0.15) is 4.99 Å². The van der Waals surface area contributed by atoms with Gasteiger partial charge < -0.3 is 0 Å². The summed E-state index contributed by atoms with van der Waals surface area (Å²) < 4.78 is 0.812. The van der Waals surface area contributed by atoms with Crippen LogP contribution >= 0.6 is 24.4 Å². The summed E-state index contributed by atoms with van der Waals surface area (Å²) in [5, 5.41) is 0. The minimum absolute atomic E-state index is 0.812. The Labute approximate surface area is 94.1 Å². The van der Waals surface area contributed by atoms with Crippen LogP contribution in [0.1, 0.15) is 6.92 Å². The molecule has 0 aliphatic carbocycles. The molecule has 1 aromatic carbocycles. The highest BCUT2D eigenvalue weighted by atomic mass is 32.2. The van der Waals surface area contributed by atoms with Gasteiger partial charge in [0.1, 0.15) is 0 Å². The Kier molecular flexibility index (Phi) is 5.28. The number of nitrogens with zero attached hydrogens (tertiary/aromatic N) is 1. The van der Waals surface area contributed by atoms with E-state index < -0.39 is 0 Å². The van der Waals surface area contributed by atoms with Gasteiger partial charge in [-0.3, -0.25) is 0 Å². The zero-order valence-corrected chi connectivity index (χ0v) is 9.61. The zero-order chi connectivity index (χ0) is 10.2. The van der Waals surface area contributed by atoms with E-state index in [1.807, 2.05) is 30.3 Å². The van der Waals surface area contributed by atoms with Gasteiger partial charge >= 0.3 is 0 Å². The van der Waals surface area contributed by atoms with Gasteiger partial charge in [0.15, 0.2) is 0 Å². The van der Waals surface area contributed by atoms with Crippen molar-refractivity contribution in [3.05, 3.63) is 40.3 Å². The maximum Gasteiger partial charge on any atom is 0.0893 e. The predicted molar refractivity (Wildman–Crippen MR) is 67.7 cm³/mol. The van der Waals surface area contributed by atoms with E-state index in [0.29, 0.717) is 0 Å². The molecule has 3 heteroatoms. The SMILES string of the molecule is CCSC(S)=C=C=Nc1ccccc1. The molecule has 14 heavy (non-hydrogen) atoms. The van der Waals surface area contributed by atoms with Crippen molar-refractivity contribution in [2.75, 3.05) is 5.75 Å². The molecular weight excluding hydrogens is 210 g/mol. The van der Waals surface area contributed by atoms with Crippen molar-refractivity contribution in [3.8, 4) is 0 Å². The number of thioether (sulfide) groups is 1. The fourth-order valence-corrected chi connectivity index (χ4v) is 1.64. The Morgan fingerprint density at radius 3 is 2.79 bits per heavy atom.